The van der Waals surface area contributed by atoms with Gasteiger partial charge in [0.1, 0.15) is 17.1 Å². The maximum atomic E-state index is 14.9. The Morgan fingerprint density at radius 1 is 1.14 bits per heavy atom. The van der Waals surface area contributed by atoms with E-state index in [1.165, 1.54) is 17.9 Å². The molecule has 0 aliphatic carbocycles. The van der Waals surface area contributed by atoms with Crippen LogP contribution in [-0.4, -0.2) is 107 Å². The molecule has 11 nitrogen and oxygen atoms in total. The van der Waals surface area contributed by atoms with E-state index < -0.39 is 29.7 Å². The lowest BCUT2D eigenvalue weighted by Crippen LogP contribution is -2.57. The molecule has 3 rings (SSSR count). The molecule has 1 aromatic carbocycles. The second kappa shape index (κ2) is 15.6. The molecule has 1 N–H and O–H groups in total. The van der Waals surface area contributed by atoms with Gasteiger partial charge < -0.3 is 29.1 Å². The van der Waals surface area contributed by atoms with Crippen molar-refractivity contribution in [3.05, 3.63) is 41.5 Å². The first kappa shape index (κ1) is 34.4. The highest BCUT2D eigenvalue weighted by Crippen LogP contribution is 2.28. The lowest BCUT2D eigenvalue weighted by Gasteiger charge is -2.44. The first-order chi connectivity index (χ1) is 20.4. The highest BCUT2D eigenvalue weighted by Gasteiger charge is 2.40. The second-order valence-corrected chi connectivity index (χ2v) is 12.6. The Morgan fingerprint density at radius 2 is 1.86 bits per heavy atom. The van der Waals surface area contributed by atoms with E-state index >= 15 is 0 Å². The number of nitrogens with zero attached hydrogens (tertiary/aromatic N) is 5. The minimum atomic E-state index is -0.841. The van der Waals surface area contributed by atoms with Crippen LogP contribution in [0.2, 0.25) is 0 Å². The summed E-state index contributed by atoms with van der Waals surface area (Å²) in [5, 5.41) is 19.4. The molecule has 0 bridgehead atoms. The van der Waals surface area contributed by atoms with Crippen molar-refractivity contribution in [1.29, 1.82) is 0 Å². The van der Waals surface area contributed by atoms with Gasteiger partial charge in [-0.05, 0) is 64.5 Å². The molecule has 0 radical (unpaired) electrons. The van der Waals surface area contributed by atoms with E-state index in [1.807, 2.05) is 13.8 Å². The minimum Gasteiger partial charge on any atom is -0.444 e. The standard InChI is InChI=1S/C31H48FN5O6/c1-21(2)17-36(23-16-22(27(38)20-42-7)18-35(19-23)30(40)43-31(3,4)5)29(39)28-26(14-10-11-15-41-6)37(34-33-28)25-13-9-8-12-24(25)32/h8-9,12-13,21-23,27,38H,10-11,14-20H2,1-7H3/t22-,23?,27?/m1/s1. The number of ether oxygens (including phenoxy) is 3. The van der Waals surface area contributed by atoms with Gasteiger partial charge in [-0.3, -0.25) is 4.79 Å². The van der Waals surface area contributed by atoms with Crippen molar-refractivity contribution in [2.75, 3.05) is 47.1 Å². The number of amides is 2. The van der Waals surface area contributed by atoms with Gasteiger partial charge in [0.25, 0.3) is 5.91 Å². The monoisotopic (exact) mass is 605 g/mol. The van der Waals surface area contributed by atoms with Crippen molar-refractivity contribution >= 4 is 12.0 Å². The molecule has 1 aromatic heterocycles. The van der Waals surface area contributed by atoms with Crippen LogP contribution >= 0.6 is 0 Å². The van der Waals surface area contributed by atoms with Crippen LogP contribution in [0.1, 0.15) is 70.1 Å². The van der Waals surface area contributed by atoms with Gasteiger partial charge in [0.05, 0.1) is 24.4 Å². The zero-order chi connectivity index (χ0) is 31.7. The molecule has 0 saturated carbocycles. The van der Waals surface area contributed by atoms with Gasteiger partial charge >= 0.3 is 6.09 Å². The van der Waals surface area contributed by atoms with Crippen LogP contribution in [0.15, 0.2) is 24.3 Å². The maximum Gasteiger partial charge on any atom is 0.410 e. The number of carbonyl (C=O) groups is 2. The number of piperidine rings is 1. The first-order valence-corrected chi connectivity index (χ1v) is 15.0. The summed E-state index contributed by atoms with van der Waals surface area (Å²) in [6.07, 6.45) is 0.967. The molecular weight excluding hydrogens is 557 g/mol. The Bertz CT molecular complexity index is 1200. The number of aliphatic hydroxyl groups excluding tert-OH is 1. The summed E-state index contributed by atoms with van der Waals surface area (Å²) in [6.45, 7) is 10.9. The number of aromatic nitrogens is 3. The fourth-order valence-electron chi connectivity index (χ4n) is 5.37. The third-order valence-corrected chi connectivity index (χ3v) is 7.32. The highest BCUT2D eigenvalue weighted by molar-refractivity contribution is 5.93. The number of carbonyl (C=O) groups excluding carboxylic acids is 2. The third kappa shape index (κ3) is 9.45. The number of para-hydroxylation sites is 1. The summed E-state index contributed by atoms with van der Waals surface area (Å²) < 4.78 is 32.3. The van der Waals surface area contributed by atoms with E-state index in [1.54, 1.807) is 55.9 Å². The third-order valence-electron chi connectivity index (χ3n) is 7.32. The lowest BCUT2D eigenvalue weighted by molar-refractivity contribution is -0.0347. The second-order valence-electron chi connectivity index (χ2n) is 12.6. The van der Waals surface area contributed by atoms with Crippen LogP contribution in [0.4, 0.5) is 9.18 Å². The van der Waals surface area contributed by atoms with Crippen molar-refractivity contribution in [2.45, 2.75) is 78.0 Å². The van der Waals surface area contributed by atoms with Gasteiger partial charge in [0.2, 0.25) is 0 Å². The van der Waals surface area contributed by atoms with E-state index in [0.29, 0.717) is 38.1 Å². The van der Waals surface area contributed by atoms with Crippen LogP contribution < -0.4 is 0 Å². The summed E-state index contributed by atoms with van der Waals surface area (Å²) in [6, 6.07) is 5.81. The van der Waals surface area contributed by atoms with Gasteiger partial charge in [0.15, 0.2) is 5.69 Å². The number of methoxy groups -OCH3 is 2. The zero-order valence-electron chi connectivity index (χ0n) is 26.6. The number of likely N-dealkylation sites (tertiary alicyclic amines) is 1. The van der Waals surface area contributed by atoms with Crippen LogP contribution in [0.25, 0.3) is 5.69 Å². The Hall–Kier alpha value is -3.09. The van der Waals surface area contributed by atoms with Gasteiger partial charge in [-0.25, -0.2) is 13.9 Å². The average Bonchev–Trinajstić information content (AvgIpc) is 3.36. The van der Waals surface area contributed by atoms with Gasteiger partial charge in [-0.2, -0.15) is 0 Å². The van der Waals surface area contributed by atoms with Crippen molar-refractivity contribution in [2.24, 2.45) is 11.8 Å². The smallest absolute Gasteiger partial charge is 0.410 e. The number of halogens is 1. The van der Waals surface area contributed by atoms with Crippen LogP contribution in [0, 0.1) is 17.7 Å². The molecule has 2 amide bonds. The van der Waals surface area contributed by atoms with Crippen molar-refractivity contribution in [3.63, 3.8) is 0 Å². The Balaban J connectivity index is 2.02. The summed E-state index contributed by atoms with van der Waals surface area (Å²) in [5.41, 5.74) is 0.157. The SMILES string of the molecule is COCCCCc1c(C(=O)N(CC(C)C)C2C[C@@H](C(O)COC)CN(C(=O)OC(C)(C)C)C2)nnn1-c1ccccc1F. The van der Waals surface area contributed by atoms with Crippen molar-refractivity contribution < 1.29 is 33.3 Å². The topological polar surface area (TPSA) is 119 Å². The lowest BCUT2D eigenvalue weighted by atomic mass is 9.88. The summed E-state index contributed by atoms with van der Waals surface area (Å²) in [5.74, 6) is -1.08. The zero-order valence-corrected chi connectivity index (χ0v) is 26.6. The highest BCUT2D eigenvalue weighted by atomic mass is 19.1. The molecule has 12 heteroatoms. The predicted octanol–water partition coefficient (Wildman–Crippen LogP) is 4.11. The largest absolute Gasteiger partial charge is 0.444 e. The quantitative estimate of drug-likeness (QED) is 0.339. The fraction of sp³-hybridized carbons (Fsp3) is 0.677. The van der Waals surface area contributed by atoms with E-state index in [-0.39, 0.29) is 48.8 Å². The minimum absolute atomic E-state index is 0.0926. The van der Waals surface area contributed by atoms with E-state index in [2.05, 4.69) is 10.3 Å². The molecule has 2 aromatic rings. The maximum absolute atomic E-state index is 14.9. The molecule has 1 aliphatic rings. The summed E-state index contributed by atoms with van der Waals surface area (Å²) in [7, 11) is 3.14. The molecule has 1 aliphatic heterocycles. The van der Waals surface area contributed by atoms with E-state index in [9.17, 15) is 19.1 Å². The summed E-state index contributed by atoms with van der Waals surface area (Å²) in [4.78, 5) is 30.9. The number of benzene rings is 1. The van der Waals surface area contributed by atoms with E-state index in [4.69, 9.17) is 14.2 Å². The van der Waals surface area contributed by atoms with Crippen LogP contribution in [-0.2, 0) is 20.6 Å². The number of unbranched alkanes of at least 4 members (excludes halogenated alkanes) is 1. The van der Waals surface area contributed by atoms with Gasteiger partial charge in [-0.1, -0.05) is 31.2 Å². The number of aliphatic hydroxyl groups is 1. The average molecular weight is 606 g/mol. The molecule has 3 atom stereocenters. The van der Waals surface area contributed by atoms with Crippen LogP contribution in [0.5, 0.6) is 0 Å². The molecule has 240 valence electrons. The molecule has 1 saturated heterocycles. The summed E-state index contributed by atoms with van der Waals surface area (Å²) >= 11 is 0. The first-order valence-electron chi connectivity index (χ1n) is 15.0. The molecule has 1 fully saturated rings. The Labute approximate surface area is 254 Å². The Morgan fingerprint density at radius 3 is 2.49 bits per heavy atom. The normalized spacial score (nSPS) is 18.1. The number of hydrogen-bond acceptors (Lipinski definition) is 8. The molecular formula is C31H48FN5O6. The van der Waals surface area contributed by atoms with Crippen molar-refractivity contribution in [3.8, 4) is 5.69 Å². The van der Waals surface area contributed by atoms with Crippen molar-refractivity contribution in [1.82, 2.24) is 24.8 Å². The molecule has 43 heavy (non-hydrogen) atoms. The molecule has 2 heterocycles. The number of rotatable bonds is 13. The molecule has 0 spiro atoms. The van der Waals surface area contributed by atoms with E-state index in [0.717, 1.165) is 6.42 Å². The number of hydrogen-bond donors (Lipinski definition) is 1. The Kier molecular flexibility index (Phi) is 12.5. The van der Waals surface area contributed by atoms with Crippen LogP contribution in [0.3, 0.4) is 0 Å². The molecule has 2 unspecified atom stereocenters. The predicted molar refractivity (Wildman–Crippen MR) is 160 cm³/mol. The van der Waals surface area contributed by atoms with Gasteiger partial charge in [-0.15, -0.1) is 5.10 Å². The van der Waals surface area contributed by atoms with Gasteiger partial charge in [0, 0.05) is 46.4 Å². The fourth-order valence-corrected chi connectivity index (χ4v) is 5.37.